The maximum atomic E-state index is 12.8. The third-order valence-corrected chi connectivity index (χ3v) is 5.25. The van der Waals surface area contributed by atoms with Crippen molar-refractivity contribution in [1.82, 2.24) is 24.3 Å². The fourth-order valence-electron chi connectivity index (χ4n) is 3.68. The van der Waals surface area contributed by atoms with Crippen molar-refractivity contribution in [2.24, 2.45) is 0 Å². The van der Waals surface area contributed by atoms with E-state index in [2.05, 4.69) is 21.2 Å². The monoisotopic (exact) mass is 387 g/mol. The minimum Gasteiger partial charge on any atom is -0.355 e. The Hall–Kier alpha value is -3.45. The van der Waals surface area contributed by atoms with Gasteiger partial charge in [0.05, 0.1) is 5.69 Å². The van der Waals surface area contributed by atoms with Gasteiger partial charge >= 0.3 is 0 Å². The molecule has 7 heteroatoms. The number of nitrogens with zero attached hydrogens (tertiary/aromatic N) is 5. The summed E-state index contributed by atoms with van der Waals surface area (Å²) < 4.78 is 7.40. The Labute approximate surface area is 168 Å². The first kappa shape index (κ1) is 17.6. The Morgan fingerprint density at radius 2 is 1.79 bits per heavy atom. The van der Waals surface area contributed by atoms with E-state index in [0.717, 1.165) is 36.5 Å². The van der Waals surface area contributed by atoms with Gasteiger partial charge in [-0.25, -0.2) is 4.98 Å². The van der Waals surface area contributed by atoms with E-state index in [9.17, 15) is 4.79 Å². The Bertz CT molecular complexity index is 1090. The number of aromatic nitrogens is 3. The predicted octanol–water partition coefficient (Wildman–Crippen LogP) is 2.95. The van der Waals surface area contributed by atoms with Gasteiger partial charge in [0.15, 0.2) is 11.5 Å². The first-order valence-corrected chi connectivity index (χ1v) is 9.73. The zero-order valence-electron chi connectivity index (χ0n) is 15.9. The smallest absolute Gasteiger partial charge is 0.276 e. The molecule has 29 heavy (non-hydrogen) atoms. The summed E-state index contributed by atoms with van der Waals surface area (Å²) in [6.07, 6.45) is 4.07. The molecule has 1 fully saturated rings. The van der Waals surface area contributed by atoms with E-state index < -0.39 is 0 Å². The molecule has 4 heterocycles. The molecule has 1 aliphatic rings. The Morgan fingerprint density at radius 3 is 2.59 bits per heavy atom. The van der Waals surface area contributed by atoms with Crippen molar-refractivity contribution in [1.29, 1.82) is 0 Å². The van der Waals surface area contributed by atoms with Crippen molar-refractivity contribution in [3.05, 3.63) is 78.4 Å². The number of hydrogen-bond donors (Lipinski definition) is 0. The number of amides is 1. The summed E-state index contributed by atoms with van der Waals surface area (Å²) in [7, 11) is 0. The largest absolute Gasteiger partial charge is 0.355 e. The molecule has 1 amide bonds. The van der Waals surface area contributed by atoms with Gasteiger partial charge in [-0.2, -0.15) is 0 Å². The average Bonchev–Trinajstić information content (AvgIpc) is 3.41. The number of pyridine rings is 1. The highest BCUT2D eigenvalue weighted by Gasteiger charge is 2.25. The van der Waals surface area contributed by atoms with Crippen LogP contribution in [0.3, 0.4) is 0 Å². The number of carbonyl (C=O) groups is 1. The molecule has 7 nitrogen and oxygen atoms in total. The fourth-order valence-corrected chi connectivity index (χ4v) is 3.68. The van der Waals surface area contributed by atoms with E-state index in [1.807, 2.05) is 64.0 Å². The van der Waals surface area contributed by atoms with Crippen molar-refractivity contribution in [2.45, 2.75) is 6.54 Å². The van der Waals surface area contributed by atoms with Crippen molar-refractivity contribution >= 4 is 11.6 Å². The van der Waals surface area contributed by atoms with E-state index >= 15 is 0 Å². The van der Waals surface area contributed by atoms with Crippen LogP contribution in [0, 0.1) is 0 Å². The quantitative estimate of drug-likeness (QED) is 0.539. The Morgan fingerprint density at radius 1 is 1.00 bits per heavy atom. The van der Waals surface area contributed by atoms with E-state index in [1.54, 1.807) is 6.07 Å². The zero-order valence-corrected chi connectivity index (χ0v) is 15.9. The lowest BCUT2D eigenvalue weighted by molar-refractivity contribution is 0.0617. The summed E-state index contributed by atoms with van der Waals surface area (Å²) in [4.78, 5) is 21.6. The second-order valence-corrected chi connectivity index (χ2v) is 7.21. The lowest BCUT2D eigenvalue weighted by Gasteiger charge is -2.33. The van der Waals surface area contributed by atoms with Gasteiger partial charge in [-0.05, 0) is 12.1 Å². The first-order chi connectivity index (χ1) is 14.3. The fraction of sp³-hybridized carbons (Fsp3) is 0.227. The summed E-state index contributed by atoms with van der Waals surface area (Å²) in [5.74, 6) is 0.530. The summed E-state index contributed by atoms with van der Waals surface area (Å²) in [5, 5.41) is 3.99. The van der Waals surface area contributed by atoms with Gasteiger partial charge in [-0.1, -0.05) is 41.6 Å². The van der Waals surface area contributed by atoms with Gasteiger partial charge in [-0.15, -0.1) is 0 Å². The normalized spacial score (nSPS) is 15.1. The highest BCUT2D eigenvalue weighted by molar-refractivity contribution is 5.93. The molecule has 5 rings (SSSR count). The van der Waals surface area contributed by atoms with Crippen molar-refractivity contribution in [3.8, 4) is 11.3 Å². The SMILES string of the molecule is O=C(c1cc(-c2ccccc2)on1)N1CCN(Cc2cn3ccccc3n2)CC1. The molecule has 3 aromatic heterocycles. The topological polar surface area (TPSA) is 66.9 Å². The van der Waals surface area contributed by atoms with Gasteiger partial charge < -0.3 is 13.8 Å². The molecule has 0 atom stereocenters. The van der Waals surface area contributed by atoms with Gasteiger partial charge in [0.1, 0.15) is 5.65 Å². The van der Waals surface area contributed by atoms with Crippen LogP contribution >= 0.6 is 0 Å². The molecule has 0 N–H and O–H groups in total. The van der Waals surface area contributed by atoms with Crippen LogP contribution in [0.15, 0.2) is 71.5 Å². The molecule has 1 saturated heterocycles. The maximum absolute atomic E-state index is 12.8. The molecule has 0 aliphatic carbocycles. The zero-order chi connectivity index (χ0) is 19.6. The van der Waals surface area contributed by atoms with Gasteiger partial charge in [0, 0.05) is 56.7 Å². The van der Waals surface area contributed by atoms with E-state index in [4.69, 9.17) is 4.52 Å². The molecule has 0 spiro atoms. The highest BCUT2D eigenvalue weighted by atomic mass is 16.5. The van der Waals surface area contributed by atoms with E-state index in [1.165, 1.54) is 0 Å². The summed E-state index contributed by atoms with van der Waals surface area (Å²) in [6, 6.07) is 17.4. The molecular formula is C22H21N5O2. The van der Waals surface area contributed by atoms with E-state index in [0.29, 0.717) is 24.5 Å². The van der Waals surface area contributed by atoms with Crippen LogP contribution in [0.4, 0.5) is 0 Å². The second kappa shape index (κ2) is 7.52. The standard InChI is InChI=1S/C22H21N5O2/c28-22(19-14-20(29-24-19)17-6-2-1-3-7-17)26-12-10-25(11-13-26)15-18-16-27-9-5-4-8-21(27)23-18/h1-9,14,16H,10-13,15H2. The number of piperazine rings is 1. The number of carbonyl (C=O) groups excluding carboxylic acids is 1. The van der Waals surface area contributed by atoms with Crippen LogP contribution in [0.2, 0.25) is 0 Å². The molecule has 146 valence electrons. The highest BCUT2D eigenvalue weighted by Crippen LogP contribution is 2.21. The van der Waals surface area contributed by atoms with E-state index in [-0.39, 0.29) is 5.91 Å². The van der Waals surface area contributed by atoms with Crippen molar-refractivity contribution in [2.75, 3.05) is 26.2 Å². The van der Waals surface area contributed by atoms with Gasteiger partial charge in [-0.3, -0.25) is 9.69 Å². The number of hydrogen-bond acceptors (Lipinski definition) is 5. The van der Waals surface area contributed by atoms with Crippen LogP contribution in [0.1, 0.15) is 16.2 Å². The minimum atomic E-state index is -0.0803. The third kappa shape index (κ3) is 3.64. The van der Waals surface area contributed by atoms with Crippen molar-refractivity contribution in [3.63, 3.8) is 0 Å². The van der Waals surface area contributed by atoms with Crippen LogP contribution in [-0.2, 0) is 6.54 Å². The Balaban J connectivity index is 1.20. The summed E-state index contributed by atoms with van der Waals surface area (Å²) in [5.41, 5.74) is 3.27. The third-order valence-electron chi connectivity index (χ3n) is 5.25. The lowest BCUT2D eigenvalue weighted by Crippen LogP contribution is -2.48. The molecule has 1 aromatic carbocycles. The van der Waals surface area contributed by atoms with Crippen molar-refractivity contribution < 1.29 is 9.32 Å². The maximum Gasteiger partial charge on any atom is 0.276 e. The van der Waals surface area contributed by atoms with Gasteiger partial charge in [0.2, 0.25) is 0 Å². The van der Waals surface area contributed by atoms with Crippen LogP contribution in [0.25, 0.3) is 17.0 Å². The molecule has 0 radical (unpaired) electrons. The number of rotatable bonds is 4. The number of imidazole rings is 1. The lowest BCUT2D eigenvalue weighted by atomic mass is 10.1. The molecule has 0 unspecified atom stereocenters. The molecule has 0 bridgehead atoms. The summed E-state index contributed by atoms with van der Waals surface area (Å²) in [6.45, 7) is 3.73. The predicted molar refractivity (Wildman–Crippen MR) is 108 cm³/mol. The van der Waals surface area contributed by atoms with Gasteiger partial charge in [0.25, 0.3) is 5.91 Å². The molecular weight excluding hydrogens is 366 g/mol. The summed E-state index contributed by atoms with van der Waals surface area (Å²) >= 11 is 0. The number of benzene rings is 1. The average molecular weight is 387 g/mol. The molecule has 4 aromatic rings. The van der Waals surface area contributed by atoms with Crippen LogP contribution in [0.5, 0.6) is 0 Å². The number of fused-ring (bicyclic) bond motifs is 1. The molecule has 0 saturated carbocycles. The van der Waals surface area contributed by atoms with Crippen LogP contribution < -0.4 is 0 Å². The first-order valence-electron chi connectivity index (χ1n) is 9.73. The Kier molecular flexibility index (Phi) is 4.57. The second-order valence-electron chi connectivity index (χ2n) is 7.21. The molecule has 1 aliphatic heterocycles. The minimum absolute atomic E-state index is 0.0803. The van der Waals surface area contributed by atoms with Crippen LogP contribution in [-0.4, -0.2) is 56.4 Å².